The van der Waals surface area contributed by atoms with E-state index in [-0.39, 0.29) is 5.03 Å². The molecule has 0 saturated carbocycles. The quantitative estimate of drug-likeness (QED) is 0.666. The molecule has 0 amide bonds. The number of hydrogen-bond donors (Lipinski definition) is 2. The van der Waals surface area contributed by atoms with Gasteiger partial charge >= 0.3 is 5.97 Å². The molecular formula is C7H11N3O4S. The highest BCUT2D eigenvalue weighted by Gasteiger charge is 2.23. The minimum atomic E-state index is -3.74. The number of imidazole rings is 1. The molecule has 0 aliphatic heterocycles. The Morgan fingerprint density at radius 3 is 2.80 bits per heavy atom. The van der Waals surface area contributed by atoms with Crippen LogP contribution in [-0.2, 0) is 19.6 Å². The molecule has 0 unspecified atom stereocenters. The zero-order valence-corrected chi connectivity index (χ0v) is 9.04. The van der Waals surface area contributed by atoms with E-state index < -0.39 is 22.0 Å². The minimum Gasteiger partial charge on any atom is -0.468 e. The number of sulfonamides is 1. The first-order valence-electron chi connectivity index (χ1n) is 4.06. The Labute approximate surface area is 86.9 Å². The van der Waals surface area contributed by atoms with Crippen molar-refractivity contribution in [2.45, 2.75) is 18.0 Å². The van der Waals surface area contributed by atoms with Gasteiger partial charge in [-0.3, -0.25) is 4.79 Å². The van der Waals surface area contributed by atoms with Crippen LogP contribution in [0, 0.1) is 0 Å². The Balaban J connectivity index is 2.78. The van der Waals surface area contributed by atoms with Gasteiger partial charge in [0.15, 0.2) is 5.03 Å². The van der Waals surface area contributed by atoms with Crippen molar-refractivity contribution in [2.75, 3.05) is 7.11 Å². The van der Waals surface area contributed by atoms with Crippen LogP contribution in [0.2, 0.25) is 0 Å². The van der Waals surface area contributed by atoms with Crippen LogP contribution in [0.5, 0.6) is 0 Å². The summed E-state index contributed by atoms with van der Waals surface area (Å²) in [4.78, 5) is 17.0. The number of esters is 1. The monoisotopic (exact) mass is 233 g/mol. The van der Waals surface area contributed by atoms with Gasteiger partial charge in [0.1, 0.15) is 6.04 Å². The number of nitrogens with zero attached hydrogens (tertiary/aromatic N) is 1. The number of ether oxygens (including phenoxy) is 1. The van der Waals surface area contributed by atoms with Crippen molar-refractivity contribution in [1.29, 1.82) is 0 Å². The van der Waals surface area contributed by atoms with Gasteiger partial charge < -0.3 is 9.72 Å². The van der Waals surface area contributed by atoms with Crippen molar-refractivity contribution >= 4 is 16.0 Å². The molecule has 15 heavy (non-hydrogen) atoms. The second-order valence-electron chi connectivity index (χ2n) is 2.78. The number of aromatic amines is 1. The van der Waals surface area contributed by atoms with Gasteiger partial charge in [-0.15, -0.1) is 0 Å². The fourth-order valence-corrected chi connectivity index (χ4v) is 2.01. The SMILES string of the molecule is COC(=O)[C@H](C)NS(=O)(=O)c1cnc[nH]1. The number of H-pyrrole nitrogens is 1. The highest BCUT2D eigenvalue weighted by atomic mass is 32.2. The van der Waals surface area contributed by atoms with Crippen molar-refractivity contribution in [1.82, 2.24) is 14.7 Å². The number of carbonyl (C=O) groups excluding carboxylic acids is 1. The van der Waals surface area contributed by atoms with Crippen LogP contribution in [0.4, 0.5) is 0 Å². The Hall–Kier alpha value is -1.41. The van der Waals surface area contributed by atoms with Crippen LogP contribution in [-0.4, -0.2) is 37.5 Å². The van der Waals surface area contributed by atoms with Gasteiger partial charge in [-0.25, -0.2) is 13.4 Å². The lowest BCUT2D eigenvalue weighted by molar-refractivity contribution is -0.142. The predicted octanol–water partition coefficient (Wildman–Crippen LogP) is -0.751. The van der Waals surface area contributed by atoms with E-state index in [1.165, 1.54) is 20.4 Å². The number of hydrogen-bond acceptors (Lipinski definition) is 5. The summed E-state index contributed by atoms with van der Waals surface area (Å²) in [7, 11) is -2.56. The van der Waals surface area contributed by atoms with Crippen LogP contribution >= 0.6 is 0 Å². The van der Waals surface area contributed by atoms with E-state index in [4.69, 9.17) is 0 Å². The number of rotatable bonds is 4. The van der Waals surface area contributed by atoms with Gasteiger partial charge in [-0.2, -0.15) is 4.72 Å². The molecule has 0 fully saturated rings. The number of nitrogens with one attached hydrogen (secondary N) is 2. The first-order valence-corrected chi connectivity index (χ1v) is 5.54. The largest absolute Gasteiger partial charge is 0.468 e. The summed E-state index contributed by atoms with van der Waals surface area (Å²) in [6.45, 7) is 1.39. The van der Waals surface area contributed by atoms with Crippen LogP contribution in [0.15, 0.2) is 17.6 Å². The molecule has 1 aromatic rings. The Kier molecular flexibility index (Phi) is 3.43. The lowest BCUT2D eigenvalue weighted by Crippen LogP contribution is -2.39. The lowest BCUT2D eigenvalue weighted by atomic mass is 10.4. The Morgan fingerprint density at radius 2 is 2.33 bits per heavy atom. The molecule has 0 spiro atoms. The number of carbonyl (C=O) groups is 1. The van der Waals surface area contributed by atoms with Gasteiger partial charge in [-0.05, 0) is 6.92 Å². The Morgan fingerprint density at radius 1 is 1.67 bits per heavy atom. The normalized spacial score (nSPS) is 13.5. The van der Waals surface area contributed by atoms with Gasteiger partial charge in [0.2, 0.25) is 0 Å². The van der Waals surface area contributed by atoms with Crippen molar-refractivity contribution in [3.63, 3.8) is 0 Å². The van der Waals surface area contributed by atoms with Crippen molar-refractivity contribution in [3.05, 3.63) is 12.5 Å². The zero-order valence-electron chi connectivity index (χ0n) is 8.22. The summed E-state index contributed by atoms with van der Waals surface area (Å²) in [6, 6.07) is -0.941. The second-order valence-corrected chi connectivity index (χ2v) is 4.46. The summed E-state index contributed by atoms with van der Waals surface area (Å²) in [5, 5.41) is -0.0988. The van der Waals surface area contributed by atoms with Crippen LogP contribution < -0.4 is 4.72 Å². The maximum absolute atomic E-state index is 11.5. The van der Waals surface area contributed by atoms with Crippen molar-refractivity contribution < 1.29 is 17.9 Å². The van der Waals surface area contributed by atoms with Crippen molar-refractivity contribution in [3.8, 4) is 0 Å². The highest BCUT2D eigenvalue weighted by Crippen LogP contribution is 2.03. The van der Waals surface area contributed by atoms with E-state index in [2.05, 4.69) is 19.4 Å². The third-order valence-electron chi connectivity index (χ3n) is 1.65. The number of aromatic nitrogens is 2. The molecule has 7 nitrogen and oxygen atoms in total. The molecule has 2 N–H and O–H groups in total. The minimum absolute atomic E-state index is 0.0988. The van der Waals surface area contributed by atoms with Crippen LogP contribution in [0.25, 0.3) is 0 Å². The average Bonchev–Trinajstić information content (AvgIpc) is 2.69. The van der Waals surface area contributed by atoms with Crippen LogP contribution in [0.3, 0.4) is 0 Å². The van der Waals surface area contributed by atoms with E-state index >= 15 is 0 Å². The van der Waals surface area contributed by atoms with E-state index in [1.54, 1.807) is 0 Å². The molecule has 1 aromatic heterocycles. The predicted molar refractivity (Wildman–Crippen MR) is 50.4 cm³/mol. The molecule has 0 radical (unpaired) electrons. The molecule has 1 heterocycles. The molecular weight excluding hydrogens is 222 g/mol. The summed E-state index contributed by atoms with van der Waals surface area (Å²) in [6.07, 6.45) is 2.38. The Bertz CT molecular complexity index is 425. The van der Waals surface area contributed by atoms with Gasteiger partial charge in [-0.1, -0.05) is 0 Å². The number of methoxy groups -OCH3 is 1. The molecule has 8 heteroatoms. The van der Waals surface area contributed by atoms with Gasteiger partial charge in [0.05, 0.1) is 19.6 Å². The molecule has 0 saturated heterocycles. The maximum Gasteiger partial charge on any atom is 0.323 e. The fourth-order valence-electron chi connectivity index (χ4n) is 0.911. The molecule has 1 atom stereocenters. The van der Waals surface area contributed by atoms with E-state index in [0.717, 1.165) is 6.20 Å². The average molecular weight is 233 g/mol. The third kappa shape index (κ3) is 2.77. The first kappa shape index (κ1) is 11.7. The summed E-state index contributed by atoms with van der Waals surface area (Å²) in [5.74, 6) is -0.655. The van der Waals surface area contributed by atoms with Gasteiger partial charge in [0.25, 0.3) is 10.0 Å². The standard InChI is InChI=1S/C7H11N3O4S/c1-5(7(11)14-2)10-15(12,13)6-3-8-4-9-6/h3-5,10H,1-2H3,(H,8,9)/t5-/m0/s1. The van der Waals surface area contributed by atoms with Crippen molar-refractivity contribution in [2.24, 2.45) is 0 Å². The van der Waals surface area contributed by atoms with Crippen LogP contribution in [0.1, 0.15) is 6.92 Å². The summed E-state index contributed by atoms with van der Waals surface area (Å²) < 4.78 is 29.6. The molecule has 0 bridgehead atoms. The molecule has 84 valence electrons. The maximum atomic E-state index is 11.5. The molecule has 0 aliphatic carbocycles. The van der Waals surface area contributed by atoms with E-state index in [9.17, 15) is 13.2 Å². The molecule has 0 aliphatic rings. The lowest BCUT2D eigenvalue weighted by Gasteiger charge is -2.10. The molecule has 1 rings (SSSR count). The second kappa shape index (κ2) is 4.41. The highest BCUT2D eigenvalue weighted by molar-refractivity contribution is 7.89. The fraction of sp³-hybridized carbons (Fsp3) is 0.429. The topological polar surface area (TPSA) is 101 Å². The third-order valence-corrected chi connectivity index (χ3v) is 3.12. The van der Waals surface area contributed by atoms with Gasteiger partial charge in [0, 0.05) is 0 Å². The zero-order chi connectivity index (χ0) is 11.5. The summed E-state index contributed by atoms with van der Waals surface area (Å²) in [5.41, 5.74) is 0. The van der Waals surface area contributed by atoms with E-state index in [1.807, 2.05) is 0 Å². The molecule has 0 aromatic carbocycles. The van der Waals surface area contributed by atoms with E-state index in [0.29, 0.717) is 0 Å². The smallest absolute Gasteiger partial charge is 0.323 e. The summed E-state index contributed by atoms with van der Waals surface area (Å²) >= 11 is 0. The first-order chi connectivity index (χ1) is 6.97.